The van der Waals surface area contributed by atoms with Crippen molar-refractivity contribution in [2.45, 2.75) is 71.2 Å². The zero-order valence-corrected chi connectivity index (χ0v) is 26.3. The van der Waals surface area contributed by atoms with E-state index in [9.17, 15) is 19.9 Å². The number of fused-ring (bicyclic) bond motifs is 1. The number of nitrogens with zero attached hydrogens (tertiary/aromatic N) is 2. The summed E-state index contributed by atoms with van der Waals surface area (Å²) in [5.41, 5.74) is -0.0987. The summed E-state index contributed by atoms with van der Waals surface area (Å²) >= 11 is 7.53. The molecule has 0 radical (unpaired) electrons. The van der Waals surface area contributed by atoms with Crippen molar-refractivity contribution in [3.8, 4) is 21.7 Å². The summed E-state index contributed by atoms with van der Waals surface area (Å²) in [6.07, 6.45) is 2.92. The van der Waals surface area contributed by atoms with Gasteiger partial charge in [0.15, 0.2) is 6.20 Å². The van der Waals surface area contributed by atoms with E-state index < -0.39 is 28.9 Å². The lowest BCUT2D eigenvalue weighted by atomic mass is 9.98. The van der Waals surface area contributed by atoms with Crippen molar-refractivity contribution < 1.29 is 28.9 Å². The maximum Gasteiger partial charge on any atom is 0.412 e. The number of amides is 1. The number of thiophene rings is 1. The van der Waals surface area contributed by atoms with Crippen LogP contribution in [0.1, 0.15) is 74.7 Å². The Kier molecular flexibility index (Phi) is 7.78. The Bertz CT molecular complexity index is 1720. The molecule has 3 N–H and O–H groups in total. The van der Waals surface area contributed by atoms with E-state index in [0.29, 0.717) is 49.1 Å². The highest BCUT2D eigenvalue weighted by Gasteiger charge is 2.48. The van der Waals surface area contributed by atoms with Crippen molar-refractivity contribution in [3.63, 3.8) is 0 Å². The molecule has 1 atom stereocenters. The standard InChI is InChI=1S/C31H33ClN4O6S/c1-29(2,3)41-26(37)24-10-9-23(43-24)22-15-33-27(34-22)31(39)12-11-17-13-18(16-36(40)25(17)31)20-14-19(32)7-8-21(20)35-28(38)42-30(4,5)6/h7-10,13-16,39H,11-12H2,1-6H3,(H,33,34)(H,35,38). The average molecular weight is 625 g/mol. The van der Waals surface area contributed by atoms with Crippen LogP contribution >= 0.6 is 22.9 Å². The Balaban J connectivity index is 1.44. The SMILES string of the molecule is CC(C)(C)OC(=O)Nc1ccc(Cl)cc1-c1cc2c([n+]([O-])c1)C(O)(c1ncc(-c3ccc(C(=O)OC(C)(C)C)s3)[nH]1)CC2. The lowest BCUT2D eigenvalue weighted by Crippen LogP contribution is -2.42. The summed E-state index contributed by atoms with van der Waals surface area (Å²) in [4.78, 5) is 33.7. The minimum Gasteiger partial charge on any atom is -0.618 e. The molecule has 5 rings (SSSR count). The number of aromatic amines is 1. The topological polar surface area (TPSA) is 140 Å². The van der Waals surface area contributed by atoms with Gasteiger partial charge in [-0.3, -0.25) is 5.32 Å². The lowest BCUT2D eigenvalue weighted by Gasteiger charge is -2.21. The summed E-state index contributed by atoms with van der Waals surface area (Å²) in [6.45, 7) is 10.7. The molecule has 10 nitrogen and oxygen atoms in total. The van der Waals surface area contributed by atoms with Gasteiger partial charge in [-0.25, -0.2) is 14.6 Å². The van der Waals surface area contributed by atoms with Crippen LogP contribution in [-0.2, 0) is 21.5 Å². The first-order valence-electron chi connectivity index (χ1n) is 13.7. The number of anilines is 1. The van der Waals surface area contributed by atoms with Gasteiger partial charge < -0.3 is 24.8 Å². The second kappa shape index (κ2) is 11.0. The monoisotopic (exact) mass is 624 g/mol. The fraction of sp³-hybridized carbons (Fsp3) is 0.355. The quantitative estimate of drug-likeness (QED) is 0.129. The maximum atomic E-state index is 13.5. The zero-order chi connectivity index (χ0) is 31.3. The Morgan fingerprint density at radius 3 is 2.53 bits per heavy atom. The van der Waals surface area contributed by atoms with Crippen LogP contribution in [0.4, 0.5) is 10.5 Å². The minimum atomic E-state index is -1.66. The zero-order valence-electron chi connectivity index (χ0n) is 24.7. The minimum absolute atomic E-state index is 0.168. The first kappa shape index (κ1) is 30.5. The van der Waals surface area contributed by atoms with Crippen LogP contribution < -0.4 is 10.0 Å². The third kappa shape index (κ3) is 6.53. The highest BCUT2D eigenvalue weighted by atomic mass is 35.5. The number of benzene rings is 1. The van der Waals surface area contributed by atoms with Crippen molar-refractivity contribution in [1.29, 1.82) is 0 Å². The molecule has 0 saturated heterocycles. The largest absolute Gasteiger partial charge is 0.618 e. The summed E-state index contributed by atoms with van der Waals surface area (Å²) in [5.74, 6) is -0.194. The lowest BCUT2D eigenvalue weighted by molar-refractivity contribution is -0.620. The van der Waals surface area contributed by atoms with E-state index in [4.69, 9.17) is 21.1 Å². The molecule has 0 spiro atoms. The van der Waals surface area contributed by atoms with E-state index in [-0.39, 0.29) is 17.9 Å². The predicted octanol–water partition coefficient (Wildman–Crippen LogP) is 6.58. The Hall–Kier alpha value is -3.93. The van der Waals surface area contributed by atoms with Crippen molar-refractivity contribution in [2.75, 3.05) is 5.32 Å². The fourth-order valence-corrected chi connectivity index (χ4v) is 5.95. The molecular weight excluding hydrogens is 592 g/mol. The number of hydrogen-bond donors (Lipinski definition) is 3. The molecule has 0 bridgehead atoms. The van der Waals surface area contributed by atoms with Gasteiger partial charge in [0.25, 0.3) is 0 Å². The predicted molar refractivity (Wildman–Crippen MR) is 164 cm³/mol. The molecule has 1 aliphatic carbocycles. The molecule has 12 heteroatoms. The van der Waals surface area contributed by atoms with E-state index >= 15 is 0 Å². The molecule has 0 aliphatic heterocycles. The highest BCUT2D eigenvalue weighted by molar-refractivity contribution is 7.17. The second-order valence-electron chi connectivity index (χ2n) is 12.4. The number of pyridine rings is 1. The van der Waals surface area contributed by atoms with E-state index in [1.165, 1.54) is 17.5 Å². The molecule has 3 aromatic heterocycles. The van der Waals surface area contributed by atoms with Gasteiger partial charge in [-0.15, -0.1) is 11.3 Å². The molecule has 43 heavy (non-hydrogen) atoms. The molecule has 0 saturated carbocycles. The van der Waals surface area contributed by atoms with Crippen molar-refractivity contribution >= 4 is 40.7 Å². The molecule has 1 unspecified atom stereocenters. The number of imidazole rings is 1. The molecule has 1 aromatic carbocycles. The van der Waals surface area contributed by atoms with Gasteiger partial charge in [-0.2, -0.15) is 4.73 Å². The van der Waals surface area contributed by atoms with E-state index in [2.05, 4.69) is 15.3 Å². The van der Waals surface area contributed by atoms with Gasteiger partial charge in [0.05, 0.1) is 22.5 Å². The van der Waals surface area contributed by atoms with Crippen molar-refractivity contribution in [3.05, 3.63) is 81.0 Å². The van der Waals surface area contributed by atoms with E-state index in [0.717, 1.165) is 4.88 Å². The second-order valence-corrected chi connectivity index (χ2v) is 13.9. The maximum absolute atomic E-state index is 13.5. The number of halogens is 1. The van der Waals surface area contributed by atoms with Crippen LogP contribution in [-0.4, -0.2) is 38.3 Å². The third-order valence-corrected chi connectivity index (χ3v) is 7.96. The molecule has 3 heterocycles. The molecular formula is C31H33ClN4O6S. The summed E-state index contributed by atoms with van der Waals surface area (Å²) in [7, 11) is 0. The van der Waals surface area contributed by atoms with Gasteiger partial charge in [0, 0.05) is 21.7 Å². The van der Waals surface area contributed by atoms with Crippen LogP contribution in [0.25, 0.3) is 21.7 Å². The number of esters is 1. The van der Waals surface area contributed by atoms with Crippen molar-refractivity contribution in [2.24, 2.45) is 0 Å². The first-order chi connectivity index (χ1) is 20.0. The number of rotatable bonds is 5. The number of aromatic nitrogens is 3. The van der Waals surface area contributed by atoms with Crippen LogP contribution in [0.3, 0.4) is 0 Å². The van der Waals surface area contributed by atoms with Gasteiger partial charge >= 0.3 is 12.1 Å². The Labute approximate surface area is 258 Å². The average Bonchev–Trinajstić information content (AvgIpc) is 3.62. The van der Waals surface area contributed by atoms with Crippen LogP contribution in [0.2, 0.25) is 5.02 Å². The number of aryl methyl sites for hydroxylation is 1. The van der Waals surface area contributed by atoms with Gasteiger partial charge in [0.2, 0.25) is 11.3 Å². The van der Waals surface area contributed by atoms with Crippen molar-refractivity contribution in [1.82, 2.24) is 9.97 Å². The van der Waals surface area contributed by atoms with E-state index in [1.54, 1.807) is 78.1 Å². The summed E-state index contributed by atoms with van der Waals surface area (Å²) in [5, 5.41) is 28.4. The highest BCUT2D eigenvalue weighted by Crippen LogP contribution is 2.42. The fourth-order valence-electron chi connectivity index (χ4n) is 4.93. The number of H-pyrrole nitrogens is 1. The molecule has 1 amide bonds. The molecule has 0 fully saturated rings. The van der Waals surface area contributed by atoms with Gasteiger partial charge in [-0.05, 0) is 90.8 Å². The number of hydrogen-bond acceptors (Lipinski definition) is 8. The molecule has 1 aliphatic rings. The van der Waals surface area contributed by atoms with Crippen LogP contribution in [0, 0.1) is 5.21 Å². The number of carbonyl (C=O) groups excluding carboxylic acids is 2. The first-order valence-corrected chi connectivity index (χ1v) is 14.9. The number of aliphatic hydroxyl groups is 1. The third-order valence-electron chi connectivity index (χ3n) is 6.63. The van der Waals surface area contributed by atoms with Crippen LogP contribution in [0.5, 0.6) is 0 Å². The van der Waals surface area contributed by atoms with Gasteiger partial charge in [-0.1, -0.05) is 11.6 Å². The number of carbonyl (C=O) groups is 2. The Morgan fingerprint density at radius 2 is 1.84 bits per heavy atom. The Morgan fingerprint density at radius 1 is 1.12 bits per heavy atom. The summed E-state index contributed by atoms with van der Waals surface area (Å²) in [6, 6.07) is 10.2. The van der Waals surface area contributed by atoms with Crippen LogP contribution in [0.15, 0.2) is 48.8 Å². The van der Waals surface area contributed by atoms with Gasteiger partial charge in [0.1, 0.15) is 21.9 Å². The summed E-state index contributed by atoms with van der Waals surface area (Å²) < 4.78 is 11.5. The van der Waals surface area contributed by atoms with E-state index in [1.807, 2.05) is 6.07 Å². The molecule has 4 aromatic rings. The number of nitrogens with one attached hydrogen (secondary N) is 2. The normalized spacial score (nSPS) is 16.6. The number of ether oxygens (including phenoxy) is 2. The molecule has 226 valence electrons. The smallest absolute Gasteiger partial charge is 0.412 e.